The standard InChI is InChI=1S/C18H15ClN4O2/c1-25-15-7-2-4-12(10-15)18(24)21-17-9-8-16(22-23-17)20-14-6-3-5-13(19)11-14/h2-11H,1H3,(H,20,22)(H,21,23,24). The lowest BCUT2D eigenvalue weighted by Crippen LogP contribution is -2.13. The zero-order valence-corrected chi connectivity index (χ0v) is 14.1. The van der Waals surface area contributed by atoms with E-state index in [-0.39, 0.29) is 5.91 Å². The monoisotopic (exact) mass is 354 g/mol. The van der Waals surface area contributed by atoms with Crippen molar-refractivity contribution in [3.63, 3.8) is 0 Å². The predicted octanol–water partition coefficient (Wildman–Crippen LogP) is 4.13. The Bertz CT molecular complexity index is 884. The normalized spacial score (nSPS) is 10.2. The number of hydrogen-bond donors (Lipinski definition) is 2. The Hall–Kier alpha value is -3.12. The van der Waals surface area contributed by atoms with Crippen molar-refractivity contribution < 1.29 is 9.53 Å². The first kappa shape index (κ1) is 16.7. The molecule has 6 nitrogen and oxygen atoms in total. The molecule has 0 unspecified atom stereocenters. The number of ether oxygens (including phenoxy) is 1. The van der Waals surface area contributed by atoms with E-state index in [4.69, 9.17) is 16.3 Å². The van der Waals surface area contributed by atoms with E-state index in [9.17, 15) is 4.79 Å². The molecule has 0 aliphatic carbocycles. The second-order valence-corrected chi connectivity index (χ2v) is 5.56. The molecule has 25 heavy (non-hydrogen) atoms. The maximum Gasteiger partial charge on any atom is 0.256 e. The number of nitrogens with zero attached hydrogens (tertiary/aromatic N) is 2. The molecule has 0 aliphatic rings. The average Bonchev–Trinajstić information content (AvgIpc) is 2.63. The topological polar surface area (TPSA) is 76.1 Å². The molecule has 1 heterocycles. The van der Waals surface area contributed by atoms with Gasteiger partial charge in [0.25, 0.3) is 5.91 Å². The van der Waals surface area contributed by atoms with Crippen LogP contribution < -0.4 is 15.4 Å². The summed E-state index contributed by atoms with van der Waals surface area (Å²) in [6.45, 7) is 0. The fourth-order valence-electron chi connectivity index (χ4n) is 2.13. The van der Waals surface area contributed by atoms with Crippen molar-refractivity contribution in [1.29, 1.82) is 0 Å². The van der Waals surface area contributed by atoms with Crippen LogP contribution in [-0.4, -0.2) is 23.2 Å². The van der Waals surface area contributed by atoms with E-state index in [1.807, 2.05) is 12.1 Å². The molecule has 7 heteroatoms. The SMILES string of the molecule is COc1cccc(C(=O)Nc2ccc(Nc3cccc(Cl)c3)nn2)c1. The molecule has 0 saturated carbocycles. The maximum absolute atomic E-state index is 12.2. The zero-order chi connectivity index (χ0) is 17.6. The van der Waals surface area contributed by atoms with Crippen LogP contribution in [0.1, 0.15) is 10.4 Å². The largest absolute Gasteiger partial charge is 0.497 e. The minimum Gasteiger partial charge on any atom is -0.497 e. The second-order valence-electron chi connectivity index (χ2n) is 5.13. The van der Waals surface area contributed by atoms with Gasteiger partial charge < -0.3 is 15.4 Å². The summed E-state index contributed by atoms with van der Waals surface area (Å²) >= 11 is 5.94. The number of amides is 1. The summed E-state index contributed by atoms with van der Waals surface area (Å²) in [5.41, 5.74) is 1.28. The van der Waals surface area contributed by atoms with Crippen molar-refractivity contribution in [3.05, 3.63) is 71.2 Å². The van der Waals surface area contributed by atoms with Gasteiger partial charge in [0.2, 0.25) is 0 Å². The van der Waals surface area contributed by atoms with Crippen LogP contribution in [-0.2, 0) is 0 Å². The molecule has 2 aromatic carbocycles. The number of rotatable bonds is 5. The Morgan fingerprint density at radius 3 is 2.48 bits per heavy atom. The van der Waals surface area contributed by atoms with Gasteiger partial charge in [0.05, 0.1) is 7.11 Å². The van der Waals surface area contributed by atoms with E-state index >= 15 is 0 Å². The Kier molecular flexibility index (Phi) is 5.11. The number of methoxy groups -OCH3 is 1. The van der Waals surface area contributed by atoms with Gasteiger partial charge in [0.15, 0.2) is 11.6 Å². The van der Waals surface area contributed by atoms with Gasteiger partial charge in [0.1, 0.15) is 5.75 Å². The molecule has 0 fully saturated rings. The fraction of sp³-hybridized carbons (Fsp3) is 0.0556. The molecule has 1 amide bonds. The van der Waals surface area contributed by atoms with E-state index in [0.717, 1.165) is 5.69 Å². The summed E-state index contributed by atoms with van der Waals surface area (Å²) in [6.07, 6.45) is 0. The Morgan fingerprint density at radius 1 is 1.00 bits per heavy atom. The Balaban J connectivity index is 1.66. The van der Waals surface area contributed by atoms with Crippen LogP contribution in [0.15, 0.2) is 60.7 Å². The van der Waals surface area contributed by atoms with Crippen molar-refractivity contribution in [3.8, 4) is 5.75 Å². The molecule has 0 aliphatic heterocycles. The highest BCUT2D eigenvalue weighted by Gasteiger charge is 2.08. The number of nitrogens with one attached hydrogen (secondary N) is 2. The van der Waals surface area contributed by atoms with Crippen LogP contribution in [0.4, 0.5) is 17.3 Å². The number of hydrogen-bond acceptors (Lipinski definition) is 5. The molecular weight excluding hydrogens is 340 g/mol. The molecule has 1 aromatic heterocycles. The molecule has 0 saturated heterocycles. The third-order valence-electron chi connectivity index (χ3n) is 3.34. The minimum absolute atomic E-state index is 0.288. The van der Waals surface area contributed by atoms with E-state index in [2.05, 4.69) is 20.8 Å². The third kappa shape index (κ3) is 4.45. The van der Waals surface area contributed by atoms with Gasteiger partial charge in [-0.3, -0.25) is 4.79 Å². The molecule has 3 rings (SSSR count). The fourth-order valence-corrected chi connectivity index (χ4v) is 2.32. The first-order valence-corrected chi connectivity index (χ1v) is 7.83. The quantitative estimate of drug-likeness (QED) is 0.720. The van der Waals surface area contributed by atoms with Crippen molar-refractivity contribution in [2.45, 2.75) is 0 Å². The summed E-state index contributed by atoms with van der Waals surface area (Å²) in [6, 6.07) is 17.5. The van der Waals surface area contributed by atoms with Crippen molar-refractivity contribution in [2.75, 3.05) is 17.7 Å². The van der Waals surface area contributed by atoms with E-state index in [1.54, 1.807) is 55.6 Å². The highest BCUT2D eigenvalue weighted by molar-refractivity contribution is 6.30. The summed E-state index contributed by atoms with van der Waals surface area (Å²) in [5, 5.41) is 14.4. The number of aromatic nitrogens is 2. The molecule has 0 radical (unpaired) electrons. The molecule has 2 N–H and O–H groups in total. The van der Waals surface area contributed by atoms with Crippen LogP contribution in [0.2, 0.25) is 5.02 Å². The van der Waals surface area contributed by atoms with Gasteiger partial charge >= 0.3 is 0 Å². The number of carbonyl (C=O) groups excluding carboxylic acids is 1. The third-order valence-corrected chi connectivity index (χ3v) is 3.57. The number of benzene rings is 2. The second kappa shape index (κ2) is 7.63. The number of halogens is 1. The summed E-state index contributed by atoms with van der Waals surface area (Å²) in [7, 11) is 1.55. The minimum atomic E-state index is -0.288. The van der Waals surface area contributed by atoms with Crippen LogP contribution in [0.5, 0.6) is 5.75 Å². The zero-order valence-electron chi connectivity index (χ0n) is 13.4. The van der Waals surface area contributed by atoms with Gasteiger partial charge in [-0.05, 0) is 48.5 Å². The van der Waals surface area contributed by atoms with Gasteiger partial charge in [-0.2, -0.15) is 0 Å². The number of carbonyl (C=O) groups is 1. The van der Waals surface area contributed by atoms with E-state index < -0.39 is 0 Å². The van der Waals surface area contributed by atoms with Gasteiger partial charge in [0, 0.05) is 16.3 Å². The molecule has 3 aromatic rings. The molecule has 0 spiro atoms. The Labute approximate surface area is 149 Å². The van der Waals surface area contributed by atoms with Gasteiger partial charge in [-0.15, -0.1) is 10.2 Å². The molecule has 0 atom stereocenters. The van der Waals surface area contributed by atoms with Crippen LogP contribution in [0.25, 0.3) is 0 Å². The van der Waals surface area contributed by atoms with Crippen LogP contribution in [0, 0.1) is 0 Å². The van der Waals surface area contributed by atoms with Gasteiger partial charge in [-0.25, -0.2) is 0 Å². The molecular formula is C18H15ClN4O2. The van der Waals surface area contributed by atoms with Crippen molar-refractivity contribution >= 4 is 34.8 Å². The lowest BCUT2D eigenvalue weighted by molar-refractivity contribution is 0.102. The molecule has 0 bridgehead atoms. The number of anilines is 3. The lowest BCUT2D eigenvalue weighted by atomic mass is 10.2. The maximum atomic E-state index is 12.2. The summed E-state index contributed by atoms with van der Waals surface area (Å²) < 4.78 is 5.11. The van der Waals surface area contributed by atoms with E-state index in [1.165, 1.54) is 0 Å². The van der Waals surface area contributed by atoms with Crippen LogP contribution in [0.3, 0.4) is 0 Å². The highest BCUT2D eigenvalue weighted by Crippen LogP contribution is 2.19. The van der Waals surface area contributed by atoms with Crippen LogP contribution >= 0.6 is 11.6 Å². The smallest absolute Gasteiger partial charge is 0.256 e. The Morgan fingerprint density at radius 2 is 1.76 bits per heavy atom. The predicted molar refractivity (Wildman–Crippen MR) is 97.7 cm³/mol. The van der Waals surface area contributed by atoms with Gasteiger partial charge in [-0.1, -0.05) is 23.7 Å². The first-order valence-electron chi connectivity index (χ1n) is 7.46. The highest BCUT2D eigenvalue weighted by atomic mass is 35.5. The summed E-state index contributed by atoms with van der Waals surface area (Å²) in [5.74, 6) is 1.22. The van der Waals surface area contributed by atoms with Crippen molar-refractivity contribution in [2.24, 2.45) is 0 Å². The van der Waals surface area contributed by atoms with E-state index in [0.29, 0.717) is 28.0 Å². The van der Waals surface area contributed by atoms with Crippen molar-refractivity contribution in [1.82, 2.24) is 10.2 Å². The molecule has 126 valence electrons. The lowest BCUT2D eigenvalue weighted by Gasteiger charge is -2.07. The summed E-state index contributed by atoms with van der Waals surface area (Å²) in [4.78, 5) is 12.2. The average molecular weight is 355 g/mol. The first-order chi connectivity index (χ1) is 12.1.